The number of nitrogens with zero attached hydrogens (tertiary/aromatic N) is 2. The predicted octanol–water partition coefficient (Wildman–Crippen LogP) is 1.95. The summed E-state index contributed by atoms with van der Waals surface area (Å²) in [5.41, 5.74) is 1.42. The molecule has 0 saturated carbocycles. The fourth-order valence-electron chi connectivity index (χ4n) is 1.99. The predicted molar refractivity (Wildman–Crippen MR) is 75.6 cm³/mol. The van der Waals surface area contributed by atoms with Crippen molar-refractivity contribution in [1.29, 1.82) is 0 Å². The molecule has 3 rings (SSSR count). The second-order valence-electron chi connectivity index (χ2n) is 4.46. The first-order valence-electron chi connectivity index (χ1n) is 6.24. The largest absolute Gasteiger partial charge is 0.243 e. The molecular weight excluding hydrogens is 293 g/mol. The molecule has 0 aliphatic heterocycles. The van der Waals surface area contributed by atoms with Crippen LogP contribution in [0.2, 0.25) is 0 Å². The van der Waals surface area contributed by atoms with Gasteiger partial charge in [-0.15, -0.1) is 0 Å². The van der Waals surface area contributed by atoms with E-state index in [-0.39, 0.29) is 11.4 Å². The van der Waals surface area contributed by atoms with Crippen molar-refractivity contribution in [3.63, 3.8) is 0 Å². The normalized spacial score (nSPS) is 11.9. The van der Waals surface area contributed by atoms with Crippen LogP contribution in [-0.2, 0) is 16.6 Å². The summed E-state index contributed by atoms with van der Waals surface area (Å²) in [7, 11) is -3.90. The van der Waals surface area contributed by atoms with Crippen LogP contribution in [-0.4, -0.2) is 18.0 Å². The molecule has 0 saturated heterocycles. The molecule has 0 atom stereocenters. The van der Waals surface area contributed by atoms with E-state index in [4.69, 9.17) is 0 Å². The Kier molecular flexibility index (Phi) is 3.44. The first-order valence-corrected chi connectivity index (χ1v) is 7.72. The summed E-state index contributed by atoms with van der Waals surface area (Å²) < 4.78 is 41.6. The van der Waals surface area contributed by atoms with Crippen molar-refractivity contribution in [3.05, 3.63) is 66.2 Å². The van der Waals surface area contributed by atoms with Crippen LogP contribution < -0.4 is 4.72 Å². The molecule has 21 heavy (non-hydrogen) atoms. The van der Waals surface area contributed by atoms with E-state index < -0.39 is 15.8 Å². The molecule has 0 spiro atoms. The minimum atomic E-state index is -3.90. The number of rotatable bonds is 4. The average Bonchev–Trinajstić information content (AvgIpc) is 2.88. The van der Waals surface area contributed by atoms with Gasteiger partial charge in [0.25, 0.3) is 0 Å². The van der Waals surface area contributed by atoms with E-state index in [0.717, 1.165) is 11.6 Å². The van der Waals surface area contributed by atoms with Gasteiger partial charge in [0.05, 0.1) is 17.8 Å². The van der Waals surface area contributed by atoms with Gasteiger partial charge in [-0.1, -0.05) is 18.2 Å². The van der Waals surface area contributed by atoms with E-state index in [2.05, 4.69) is 9.82 Å². The first-order chi connectivity index (χ1) is 10.1. The van der Waals surface area contributed by atoms with Crippen LogP contribution in [0.1, 0.15) is 5.69 Å². The van der Waals surface area contributed by atoms with Crippen molar-refractivity contribution < 1.29 is 12.8 Å². The lowest BCUT2D eigenvalue weighted by molar-refractivity contribution is 0.556. The number of hydrogen-bond acceptors (Lipinski definition) is 3. The Bertz CT molecular complexity index is 857. The highest BCUT2D eigenvalue weighted by Gasteiger charge is 2.18. The van der Waals surface area contributed by atoms with Crippen LogP contribution in [0.15, 0.2) is 59.6 Å². The van der Waals surface area contributed by atoms with Gasteiger partial charge in [0.2, 0.25) is 10.0 Å². The topological polar surface area (TPSA) is 63.5 Å². The van der Waals surface area contributed by atoms with E-state index >= 15 is 0 Å². The van der Waals surface area contributed by atoms with Gasteiger partial charge < -0.3 is 0 Å². The zero-order valence-corrected chi connectivity index (χ0v) is 11.7. The first kappa shape index (κ1) is 13.7. The van der Waals surface area contributed by atoms with E-state index in [0.29, 0.717) is 5.69 Å². The van der Waals surface area contributed by atoms with Gasteiger partial charge in [0.1, 0.15) is 10.7 Å². The Hall–Kier alpha value is -2.25. The molecule has 0 fully saturated rings. The van der Waals surface area contributed by atoms with Crippen LogP contribution >= 0.6 is 0 Å². The van der Waals surface area contributed by atoms with Crippen molar-refractivity contribution in [2.24, 2.45) is 0 Å². The molecule has 2 aromatic heterocycles. The molecule has 0 amide bonds. The van der Waals surface area contributed by atoms with E-state index in [1.165, 1.54) is 18.2 Å². The quantitative estimate of drug-likeness (QED) is 0.801. The molecular formula is C14H12FN3O2S. The lowest BCUT2D eigenvalue weighted by Gasteiger charge is -2.05. The van der Waals surface area contributed by atoms with Gasteiger partial charge in [0.15, 0.2) is 0 Å². The number of nitrogens with one attached hydrogen (secondary N) is 1. The molecule has 3 aromatic rings. The molecule has 7 heteroatoms. The molecule has 0 bridgehead atoms. The van der Waals surface area contributed by atoms with Crippen LogP contribution in [0.5, 0.6) is 0 Å². The summed E-state index contributed by atoms with van der Waals surface area (Å²) in [6, 6.07) is 12.6. The Morgan fingerprint density at radius 2 is 1.90 bits per heavy atom. The minimum Gasteiger partial charge on any atom is -0.241 e. The zero-order chi connectivity index (χ0) is 14.9. The third kappa shape index (κ3) is 2.79. The van der Waals surface area contributed by atoms with Crippen LogP contribution in [0.4, 0.5) is 4.39 Å². The van der Waals surface area contributed by atoms with Gasteiger partial charge in [-0.25, -0.2) is 22.0 Å². The SMILES string of the molecule is O=S(=O)(NCc1cc2ccccn2n1)c1ccccc1F. The minimum absolute atomic E-state index is 0.00164. The summed E-state index contributed by atoms with van der Waals surface area (Å²) in [6.45, 7) is -0.00164. The maximum atomic E-state index is 13.5. The lowest BCUT2D eigenvalue weighted by Crippen LogP contribution is -2.24. The van der Waals surface area contributed by atoms with Crippen molar-refractivity contribution in [3.8, 4) is 0 Å². The summed E-state index contributed by atoms with van der Waals surface area (Å²) in [4.78, 5) is -0.367. The number of benzene rings is 1. The summed E-state index contributed by atoms with van der Waals surface area (Å²) in [6.07, 6.45) is 1.77. The second kappa shape index (κ2) is 5.27. The fraction of sp³-hybridized carbons (Fsp3) is 0.0714. The molecule has 0 unspecified atom stereocenters. The molecule has 2 heterocycles. The molecule has 108 valence electrons. The molecule has 0 aliphatic rings. The molecule has 1 aromatic carbocycles. The van der Waals surface area contributed by atoms with Crippen molar-refractivity contribution >= 4 is 15.5 Å². The lowest BCUT2D eigenvalue weighted by atomic mass is 10.3. The Morgan fingerprint density at radius 3 is 2.67 bits per heavy atom. The number of hydrogen-bond donors (Lipinski definition) is 1. The Morgan fingerprint density at radius 1 is 1.14 bits per heavy atom. The second-order valence-corrected chi connectivity index (χ2v) is 6.20. The van der Waals surface area contributed by atoms with Crippen molar-refractivity contribution in [1.82, 2.24) is 14.3 Å². The van der Waals surface area contributed by atoms with E-state index in [1.54, 1.807) is 16.8 Å². The molecule has 0 aliphatic carbocycles. The third-order valence-corrected chi connectivity index (χ3v) is 4.42. The maximum absolute atomic E-state index is 13.5. The number of fused-ring (bicyclic) bond motifs is 1. The van der Waals surface area contributed by atoms with E-state index in [1.807, 2.05) is 18.2 Å². The Labute approximate surface area is 121 Å². The van der Waals surface area contributed by atoms with Gasteiger partial charge in [-0.2, -0.15) is 5.10 Å². The average molecular weight is 305 g/mol. The van der Waals surface area contributed by atoms with Gasteiger partial charge in [-0.3, -0.25) is 0 Å². The molecule has 5 nitrogen and oxygen atoms in total. The Balaban J connectivity index is 1.82. The van der Waals surface area contributed by atoms with Crippen LogP contribution in [0.25, 0.3) is 5.52 Å². The maximum Gasteiger partial charge on any atom is 0.243 e. The van der Waals surface area contributed by atoms with Crippen molar-refractivity contribution in [2.75, 3.05) is 0 Å². The van der Waals surface area contributed by atoms with Crippen LogP contribution in [0, 0.1) is 5.82 Å². The number of halogens is 1. The fourth-order valence-corrected chi connectivity index (χ4v) is 3.06. The number of aromatic nitrogens is 2. The highest BCUT2D eigenvalue weighted by atomic mass is 32.2. The third-order valence-electron chi connectivity index (χ3n) is 2.99. The van der Waals surface area contributed by atoms with Gasteiger partial charge in [-0.05, 0) is 30.3 Å². The summed E-state index contributed by atoms with van der Waals surface area (Å²) in [5.74, 6) is -0.778. The zero-order valence-electron chi connectivity index (χ0n) is 10.9. The van der Waals surface area contributed by atoms with Crippen LogP contribution in [0.3, 0.4) is 0 Å². The number of pyridine rings is 1. The standard InChI is InChI=1S/C14H12FN3O2S/c15-13-6-1-2-7-14(13)21(19,20)16-10-11-9-12-5-3-4-8-18(12)17-11/h1-9,16H,10H2. The molecule has 1 N–H and O–H groups in total. The smallest absolute Gasteiger partial charge is 0.241 e. The highest BCUT2D eigenvalue weighted by molar-refractivity contribution is 7.89. The monoisotopic (exact) mass is 305 g/mol. The highest BCUT2D eigenvalue weighted by Crippen LogP contribution is 2.14. The van der Waals surface area contributed by atoms with E-state index in [9.17, 15) is 12.8 Å². The summed E-state index contributed by atoms with van der Waals surface area (Å²) >= 11 is 0. The number of sulfonamides is 1. The van der Waals surface area contributed by atoms with Gasteiger partial charge in [0, 0.05) is 6.20 Å². The van der Waals surface area contributed by atoms with Crippen molar-refractivity contribution in [2.45, 2.75) is 11.4 Å². The van der Waals surface area contributed by atoms with Gasteiger partial charge >= 0.3 is 0 Å². The summed E-state index contributed by atoms with van der Waals surface area (Å²) in [5, 5.41) is 4.23. The molecule has 0 radical (unpaired) electrons.